The number of carbonyl (C=O) groups is 1. The summed E-state index contributed by atoms with van der Waals surface area (Å²) in [7, 11) is 0. The molecule has 0 heterocycles. The summed E-state index contributed by atoms with van der Waals surface area (Å²) >= 11 is 3.48. The molecule has 1 unspecified atom stereocenters. The number of hydrogen-bond acceptors (Lipinski definition) is 5. The lowest BCUT2D eigenvalue weighted by Crippen LogP contribution is -2.48. The van der Waals surface area contributed by atoms with Crippen molar-refractivity contribution in [1.82, 2.24) is 0 Å². The Morgan fingerprint density at radius 3 is 2.45 bits per heavy atom. The van der Waals surface area contributed by atoms with Crippen LogP contribution in [0, 0.1) is 0 Å². The number of halogens is 1. The van der Waals surface area contributed by atoms with Crippen molar-refractivity contribution in [2.24, 2.45) is 5.73 Å². The molecule has 0 aromatic heterocycles. The molecule has 5 nitrogen and oxygen atoms in total. The highest BCUT2D eigenvalue weighted by atomic mass is 79.9. The number of nitrogen functional groups attached to an aromatic ring is 2. The van der Waals surface area contributed by atoms with Gasteiger partial charge >= 0.3 is 5.97 Å². The molecule has 0 spiro atoms. The van der Waals surface area contributed by atoms with Gasteiger partial charge in [0, 0.05) is 10.9 Å². The molecule has 0 radical (unpaired) electrons. The summed E-state index contributed by atoms with van der Waals surface area (Å²) in [6, 6.07) is 1.77. The molecule has 0 fully saturated rings. The van der Waals surface area contributed by atoms with Crippen molar-refractivity contribution in [2.45, 2.75) is 39.2 Å². The van der Waals surface area contributed by atoms with Crippen molar-refractivity contribution in [1.29, 1.82) is 0 Å². The molecule has 1 aromatic rings. The number of esters is 1. The Hall–Kier alpha value is -1.27. The molecule has 6 N–H and O–H groups in total. The summed E-state index contributed by atoms with van der Waals surface area (Å²) in [6.45, 7) is 5.69. The van der Waals surface area contributed by atoms with E-state index < -0.39 is 11.5 Å². The van der Waals surface area contributed by atoms with Gasteiger partial charge in [-0.2, -0.15) is 0 Å². The summed E-state index contributed by atoms with van der Waals surface area (Å²) < 4.78 is 5.88. The Kier molecular flexibility index (Phi) is 5.42. The molecule has 1 aromatic carbocycles. The molecule has 6 heteroatoms. The van der Waals surface area contributed by atoms with Crippen LogP contribution in [0.2, 0.25) is 0 Å². The molecule has 112 valence electrons. The van der Waals surface area contributed by atoms with Crippen molar-refractivity contribution < 1.29 is 9.53 Å². The molecule has 1 rings (SSSR count). The van der Waals surface area contributed by atoms with Gasteiger partial charge in [-0.1, -0.05) is 22.9 Å². The minimum Gasteiger partial charge on any atom is -0.465 e. The van der Waals surface area contributed by atoms with E-state index in [1.807, 2.05) is 6.92 Å². The van der Waals surface area contributed by atoms with E-state index in [2.05, 4.69) is 15.9 Å². The number of rotatable bonds is 5. The minimum absolute atomic E-state index is 0.282. The maximum absolute atomic E-state index is 11.9. The standard InChI is InChI=1S/C14H22BrN3O2/c1-4-8-9(12(17)11(16)6-10(8)15)7-14(3,18)13(19)20-5-2/h6H,4-5,7,16-18H2,1-3H3. The van der Waals surface area contributed by atoms with Crippen molar-refractivity contribution in [3.05, 3.63) is 21.7 Å². The van der Waals surface area contributed by atoms with Crippen molar-refractivity contribution in [3.8, 4) is 0 Å². The number of carbonyl (C=O) groups excluding carboxylic acids is 1. The van der Waals surface area contributed by atoms with Crippen LogP contribution in [0.5, 0.6) is 0 Å². The highest BCUT2D eigenvalue weighted by Gasteiger charge is 2.32. The van der Waals surface area contributed by atoms with Gasteiger partial charge in [-0.15, -0.1) is 0 Å². The summed E-state index contributed by atoms with van der Waals surface area (Å²) in [6.07, 6.45) is 1.05. The lowest BCUT2D eigenvalue weighted by molar-refractivity contribution is -0.148. The lowest BCUT2D eigenvalue weighted by atomic mass is 9.89. The topological polar surface area (TPSA) is 104 Å². The van der Waals surface area contributed by atoms with Crippen LogP contribution in [0.25, 0.3) is 0 Å². The van der Waals surface area contributed by atoms with E-state index in [0.29, 0.717) is 18.0 Å². The molecule has 0 amide bonds. The summed E-state index contributed by atoms with van der Waals surface area (Å²) in [5.41, 5.74) is 19.7. The normalized spacial score (nSPS) is 13.8. The van der Waals surface area contributed by atoms with Gasteiger partial charge in [0.25, 0.3) is 0 Å². The Balaban J connectivity index is 3.23. The first-order chi connectivity index (χ1) is 9.24. The van der Waals surface area contributed by atoms with Gasteiger partial charge in [-0.05, 0) is 37.5 Å². The van der Waals surface area contributed by atoms with E-state index in [-0.39, 0.29) is 6.42 Å². The molecule has 0 aliphatic rings. The van der Waals surface area contributed by atoms with Crippen LogP contribution < -0.4 is 17.2 Å². The Labute approximate surface area is 128 Å². The molecule has 20 heavy (non-hydrogen) atoms. The first-order valence-corrected chi connectivity index (χ1v) is 7.35. The Morgan fingerprint density at radius 1 is 1.35 bits per heavy atom. The van der Waals surface area contributed by atoms with Gasteiger partial charge in [-0.3, -0.25) is 4.79 Å². The Morgan fingerprint density at radius 2 is 1.95 bits per heavy atom. The van der Waals surface area contributed by atoms with E-state index >= 15 is 0 Å². The average molecular weight is 344 g/mol. The van der Waals surface area contributed by atoms with Crippen molar-refractivity contribution >= 4 is 33.3 Å². The fourth-order valence-electron chi connectivity index (χ4n) is 2.10. The molecular weight excluding hydrogens is 322 g/mol. The molecule has 0 saturated heterocycles. The van der Waals surface area contributed by atoms with Crippen molar-refractivity contribution in [2.75, 3.05) is 18.1 Å². The fraction of sp³-hybridized carbons (Fsp3) is 0.500. The highest BCUT2D eigenvalue weighted by Crippen LogP contribution is 2.33. The van der Waals surface area contributed by atoms with E-state index in [9.17, 15) is 4.79 Å². The average Bonchev–Trinajstić information content (AvgIpc) is 2.36. The second-order valence-corrected chi connectivity index (χ2v) is 5.84. The fourth-order valence-corrected chi connectivity index (χ4v) is 2.87. The van der Waals surface area contributed by atoms with Gasteiger partial charge in [-0.25, -0.2) is 0 Å². The van der Waals surface area contributed by atoms with Gasteiger partial charge < -0.3 is 21.9 Å². The highest BCUT2D eigenvalue weighted by molar-refractivity contribution is 9.10. The smallest absolute Gasteiger partial charge is 0.326 e. The predicted octanol–water partition coefficient (Wildman–Crippen LogP) is 2.00. The zero-order valence-electron chi connectivity index (χ0n) is 12.1. The van der Waals surface area contributed by atoms with Crippen molar-refractivity contribution in [3.63, 3.8) is 0 Å². The van der Waals surface area contributed by atoms with E-state index in [0.717, 1.165) is 22.0 Å². The third-order valence-electron chi connectivity index (χ3n) is 3.21. The molecular formula is C14H22BrN3O2. The third-order valence-corrected chi connectivity index (χ3v) is 3.92. The van der Waals surface area contributed by atoms with Crippen LogP contribution in [-0.4, -0.2) is 18.1 Å². The summed E-state index contributed by atoms with van der Waals surface area (Å²) in [5.74, 6) is -0.444. The monoisotopic (exact) mass is 343 g/mol. The second-order valence-electron chi connectivity index (χ2n) is 4.99. The number of nitrogens with two attached hydrogens (primary N) is 3. The molecule has 1 atom stereocenters. The number of anilines is 2. The number of benzene rings is 1. The third kappa shape index (κ3) is 3.43. The molecule has 0 aliphatic heterocycles. The second kappa shape index (κ2) is 6.45. The maximum Gasteiger partial charge on any atom is 0.326 e. The first-order valence-electron chi connectivity index (χ1n) is 6.55. The van der Waals surface area contributed by atoms with Crippen LogP contribution in [0.1, 0.15) is 31.9 Å². The quantitative estimate of drug-likeness (QED) is 0.560. The largest absolute Gasteiger partial charge is 0.465 e. The first kappa shape index (κ1) is 16.8. The van der Waals surface area contributed by atoms with Crippen LogP contribution in [0.3, 0.4) is 0 Å². The maximum atomic E-state index is 11.9. The molecule has 0 saturated carbocycles. The lowest BCUT2D eigenvalue weighted by Gasteiger charge is -2.25. The van der Waals surface area contributed by atoms with E-state index in [4.69, 9.17) is 21.9 Å². The minimum atomic E-state index is -1.14. The van der Waals surface area contributed by atoms with Gasteiger partial charge in [0.1, 0.15) is 5.54 Å². The number of ether oxygens (including phenoxy) is 1. The van der Waals surface area contributed by atoms with Gasteiger partial charge in [0.05, 0.1) is 18.0 Å². The van der Waals surface area contributed by atoms with E-state index in [1.54, 1.807) is 19.9 Å². The summed E-state index contributed by atoms with van der Waals surface area (Å²) in [4.78, 5) is 11.9. The molecule has 0 aliphatic carbocycles. The van der Waals surface area contributed by atoms with Crippen LogP contribution in [-0.2, 0) is 22.4 Å². The van der Waals surface area contributed by atoms with Gasteiger partial charge in [0.2, 0.25) is 0 Å². The zero-order chi connectivity index (χ0) is 15.5. The SMILES string of the molecule is CCOC(=O)C(C)(N)Cc1c(N)c(N)cc(Br)c1CC. The zero-order valence-corrected chi connectivity index (χ0v) is 13.7. The van der Waals surface area contributed by atoms with Crippen LogP contribution in [0.4, 0.5) is 11.4 Å². The molecule has 0 bridgehead atoms. The van der Waals surface area contributed by atoms with Crippen LogP contribution in [0.15, 0.2) is 10.5 Å². The predicted molar refractivity (Wildman–Crippen MR) is 85.3 cm³/mol. The summed E-state index contributed by atoms with van der Waals surface area (Å²) in [5, 5.41) is 0. The van der Waals surface area contributed by atoms with Gasteiger partial charge in [0.15, 0.2) is 0 Å². The Bertz CT molecular complexity index is 516. The van der Waals surface area contributed by atoms with E-state index in [1.165, 1.54) is 0 Å². The number of hydrogen-bond donors (Lipinski definition) is 3. The van der Waals surface area contributed by atoms with Crippen LogP contribution >= 0.6 is 15.9 Å².